The zero-order valence-electron chi connectivity index (χ0n) is 11.7. The fourth-order valence-corrected chi connectivity index (χ4v) is 5.41. The summed E-state index contributed by atoms with van der Waals surface area (Å²) in [7, 11) is 0. The smallest absolute Gasteiger partial charge is 0.176 e. The van der Waals surface area contributed by atoms with Gasteiger partial charge in [0.05, 0.1) is 11.4 Å². The first-order valence-electron chi connectivity index (χ1n) is 7.32. The van der Waals surface area contributed by atoms with Crippen molar-refractivity contribution in [1.82, 2.24) is 0 Å². The zero-order valence-corrected chi connectivity index (χ0v) is 13.3. The molecule has 1 heterocycles. The van der Waals surface area contributed by atoms with E-state index in [0.717, 1.165) is 36.3 Å². The Kier molecular flexibility index (Phi) is 4.61. The molecule has 2 fully saturated rings. The van der Waals surface area contributed by atoms with E-state index in [-0.39, 0.29) is 11.0 Å². The molecule has 1 aliphatic carbocycles. The number of carbonyl (C=O) groups is 1. The topological polar surface area (TPSA) is 26.3 Å². The minimum Gasteiger partial charge on any atom is -0.490 e. The van der Waals surface area contributed by atoms with Gasteiger partial charge in [-0.1, -0.05) is 6.92 Å². The van der Waals surface area contributed by atoms with E-state index in [0.29, 0.717) is 11.4 Å². The molecular weight excluding hydrogens is 288 g/mol. The molecule has 1 saturated heterocycles. The highest BCUT2D eigenvalue weighted by atomic mass is 32.2. The number of carbonyl (C=O) groups excluding carboxylic acids is 1. The highest BCUT2D eigenvalue weighted by Crippen LogP contribution is 2.35. The molecule has 2 unspecified atom stereocenters. The second kappa shape index (κ2) is 6.44. The summed E-state index contributed by atoms with van der Waals surface area (Å²) in [6, 6.07) is 7.72. The molecule has 1 aromatic carbocycles. The van der Waals surface area contributed by atoms with E-state index in [9.17, 15) is 4.79 Å². The molecule has 3 rings (SSSR count). The number of benzene rings is 1. The molecule has 0 N–H and O–H groups in total. The van der Waals surface area contributed by atoms with Crippen LogP contribution in [0.25, 0.3) is 0 Å². The molecule has 2 aliphatic rings. The lowest BCUT2D eigenvalue weighted by Crippen LogP contribution is -2.32. The van der Waals surface area contributed by atoms with Crippen molar-refractivity contribution in [1.29, 1.82) is 0 Å². The Morgan fingerprint density at radius 1 is 1.20 bits per heavy atom. The van der Waals surface area contributed by atoms with Crippen LogP contribution in [-0.2, 0) is 0 Å². The summed E-state index contributed by atoms with van der Waals surface area (Å²) >= 11 is 3.77. The molecule has 1 aliphatic heterocycles. The maximum absolute atomic E-state index is 12.6. The van der Waals surface area contributed by atoms with Gasteiger partial charge in [0.1, 0.15) is 5.75 Å². The Morgan fingerprint density at radius 3 is 2.55 bits per heavy atom. The molecule has 2 nitrogen and oxygen atoms in total. The zero-order chi connectivity index (χ0) is 13.9. The number of hydrogen-bond donors (Lipinski definition) is 0. The van der Waals surface area contributed by atoms with Crippen molar-refractivity contribution in [2.45, 2.75) is 42.8 Å². The van der Waals surface area contributed by atoms with Crippen LogP contribution in [0.1, 0.15) is 36.5 Å². The second-order valence-electron chi connectivity index (χ2n) is 5.31. The van der Waals surface area contributed by atoms with Gasteiger partial charge >= 0.3 is 0 Å². The van der Waals surface area contributed by atoms with Crippen LogP contribution >= 0.6 is 23.5 Å². The van der Waals surface area contributed by atoms with Crippen molar-refractivity contribution in [3.8, 4) is 5.75 Å². The second-order valence-corrected chi connectivity index (χ2v) is 7.91. The first-order valence-corrected chi connectivity index (χ1v) is 9.42. The molecule has 1 aromatic rings. The highest BCUT2D eigenvalue weighted by molar-refractivity contribution is 8.07. The summed E-state index contributed by atoms with van der Waals surface area (Å²) in [5.74, 6) is 3.43. The van der Waals surface area contributed by atoms with Gasteiger partial charge in [-0.3, -0.25) is 4.79 Å². The SMILES string of the molecule is CCC1SCCSC1C(=O)c1ccc(OC2CC2)cc1. The minimum atomic E-state index is 0.119. The molecule has 0 amide bonds. The maximum atomic E-state index is 12.6. The lowest BCUT2D eigenvalue weighted by molar-refractivity contribution is 0.0988. The van der Waals surface area contributed by atoms with Crippen molar-refractivity contribution in [2.75, 3.05) is 11.5 Å². The van der Waals surface area contributed by atoms with Gasteiger partial charge in [0, 0.05) is 22.3 Å². The van der Waals surface area contributed by atoms with Gasteiger partial charge < -0.3 is 4.74 Å². The summed E-state index contributed by atoms with van der Waals surface area (Å²) in [4.78, 5) is 12.6. The van der Waals surface area contributed by atoms with E-state index in [1.54, 1.807) is 0 Å². The summed E-state index contributed by atoms with van der Waals surface area (Å²) in [5.41, 5.74) is 0.826. The first kappa shape index (κ1) is 14.3. The van der Waals surface area contributed by atoms with Gasteiger partial charge in [0.25, 0.3) is 0 Å². The Bertz CT molecular complexity index is 468. The van der Waals surface area contributed by atoms with E-state index < -0.39 is 0 Å². The average molecular weight is 308 g/mol. The number of hydrogen-bond acceptors (Lipinski definition) is 4. The Morgan fingerprint density at radius 2 is 1.90 bits per heavy atom. The largest absolute Gasteiger partial charge is 0.490 e. The van der Waals surface area contributed by atoms with Crippen LogP contribution in [0.3, 0.4) is 0 Å². The number of ether oxygens (including phenoxy) is 1. The number of Topliss-reactive ketones (excluding diaryl/α,β-unsaturated/α-hetero) is 1. The van der Waals surface area contributed by atoms with Gasteiger partial charge in [0.15, 0.2) is 5.78 Å². The number of thioether (sulfide) groups is 2. The van der Waals surface area contributed by atoms with Crippen LogP contribution in [0.2, 0.25) is 0 Å². The normalized spacial score (nSPS) is 26.2. The summed E-state index contributed by atoms with van der Waals surface area (Å²) < 4.78 is 5.73. The van der Waals surface area contributed by atoms with Crippen LogP contribution in [0.15, 0.2) is 24.3 Å². The third kappa shape index (κ3) is 3.34. The molecule has 1 saturated carbocycles. The third-order valence-corrected chi connectivity index (χ3v) is 6.92. The van der Waals surface area contributed by atoms with Gasteiger partial charge in [-0.15, -0.1) is 11.8 Å². The fourth-order valence-electron chi connectivity index (χ4n) is 2.39. The summed E-state index contributed by atoms with van der Waals surface area (Å²) in [6.45, 7) is 2.18. The third-order valence-electron chi connectivity index (χ3n) is 3.68. The molecule has 108 valence electrons. The van der Waals surface area contributed by atoms with Gasteiger partial charge in [0.2, 0.25) is 0 Å². The van der Waals surface area contributed by atoms with Gasteiger partial charge in [-0.05, 0) is 43.5 Å². The fraction of sp³-hybridized carbons (Fsp3) is 0.562. The lowest BCUT2D eigenvalue weighted by Gasteiger charge is -2.28. The highest BCUT2D eigenvalue weighted by Gasteiger charge is 2.31. The quantitative estimate of drug-likeness (QED) is 0.767. The van der Waals surface area contributed by atoms with Crippen molar-refractivity contribution in [3.63, 3.8) is 0 Å². The van der Waals surface area contributed by atoms with Crippen LogP contribution in [-0.4, -0.2) is 33.9 Å². The Hall–Kier alpha value is -0.610. The molecule has 0 bridgehead atoms. The molecule has 0 radical (unpaired) electrons. The van der Waals surface area contributed by atoms with E-state index in [1.165, 1.54) is 5.75 Å². The van der Waals surface area contributed by atoms with Crippen LogP contribution < -0.4 is 4.74 Å². The van der Waals surface area contributed by atoms with Gasteiger partial charge in [-0.2, -0.15) is 11.8 Å². The maximum Gasteiger partial charge on any atom is 0.176 e. The molecular formula is C16H20O2S2. The minimum absolute atomic E-state index is 0.119. The van der Waals surface area contributed by atoms with Crippen LogP contribution in [0, 0.1) is 0 Å². The van der Waals surface area contributed by atoms with Crippen LogP contribution in [0.4, 0.5) is 0 Å². The predicted molar refractivity (Wildman–Crippen MR) is 87.2 cm³/mol. The molecule has 20 heavy (non-hydrogen) atoms. The molecule has 0 aromatic heterocycles. The van der Waals surface area contributed by atoms with Crippen molar-refractivity contribution in [2.24, 2.45) is 0 Å². The molecule has 2 atom stereocenters. The number of ketones is 1. The van der Waals surface area contributed by atoms with Crippen molar-refractivity contribution < 1.29 is 9.53 Å². The summed E-state index contributed by atoms with van der Waals surface area (Å²) in [5, 5.41) is 0.581. The molecule has 0 spiro atoms. The number of rotatable bonds is 5. The van der Waals surface area contributed by atoms with Crippen molar-refractivity contribution >= 4 is 29.3 Å². The monoisotopic (exact) mass is 308 g/mol. The Balaban J connectivity index is 1.68. The van der Waals surface area contributed by atoms with Gasteiger partial charge in [-0.25, -0.2) is 0 Å². The predicted octanol–water partition coefficient (Wildman–Crippen LogP) is 4.04. The van der Waals surface area contributed by atoms with E-state index in [4.69, 9.17) is 4.74 Å². The average Bonchev–Trinajstić information content (AvgIpc) is 3.31. The standard InChI is InChI=1S/C16H20O2S2/c1-2-14-16(20-10-9-19-14)15(17)11-3-5-12(6-4-11)18-13-7-8-13/h3-6,13-14,16H,2,7-10H2,1H3. The van der Waals surface area contributed by atoms with Crippen LogP contribution in [0.5, 0.6) is 5.75 Å². The summed E-state index contributed by atoms with van der Waals surface area (Å²) in [6.07, 6.45) is 3.80. The Labute approximate surface area is 129 Å². The van der Waals surface area contributed by atoms with E-state index in [2.05, 4.69) is 6.92 Å². The van der Waals surface area contributed by atoms with E-state index >= 15 is 0 Å². The van der Waals surface area contributed by atoms with E-state index in [1.807, 2.05) is 47.8 Å². The lowest BCUT2D eigenvalue weighted by atomic mass is 10.0. The first-order chi connectivity index (χ1) is 9.78. The molecule has 4 heteroatoms. The van der Waals surface area contributed by atoms with Crippen molar-refractivity contribution in [3.05, 3.63) is 29.8 Å².